The van der Waals surface area contributed by atoms with E-state index in [-0.39, 0.29) is 12.4 Å². The summed E-state index contributed by atoms with van der Waals surface area (Å²) in [5.41, 5.74) is 1.27. The van der Waals surface area contributed by atoms with Gasteiger partial charge in [-0.05, 0) is 55.5 Å². The van der Waals surface area contributed by atoms with Gasteiger partial charge in [-0.2, -0.15) is 22.0 Å². The van der Waals surface area contributed by atoms with E-state index in [1.807, 2.05) is 0 Å². The molecule has 0 aliphatic carbocycles. The number of carbonyl (C=O) groups excluding carboxylic acids is 1. The van der Waals surface area contributed by atoms with Crippen molar-refractivity contribution in [3.8, 4) is 22.8 Å². The summed E-state index contributed by atoms with van der Waals surface area (Å²) in [6.07, 6.45) is -12.5. The Morgan fingerprint density at radius 1 is 1.02 bits per heavy atom. The molecule has 5 atom stereocenters. The van der Waals surface area contributed by atoms with E-state index in [0.29, 0.717) is 16.9 Å². The molecule has 1 N–H and O–H groups in total. The molecular formula is C28H29F5N4O7. The van der Waals surface area contributed by atoms with Crippen LogP contribution < -0.4 is 10.1 Å². The largest absolute Gasteiger partial charge is 0.499 e. The van der Waals surface area contributed by atoms with Gasteiger partial charge in [0.25, 0.3) is 0 Å². The third-order valence-corrected chi connectivity index (χ3v) is 6.46. The second kappa shape index (κ2) is 13.7. The van der Waals surface area contributed by atoms with Crippen molar-refractivity contribution >= 4 is 11.8 Å². The van der Waals surface area contributed by atoms with Crippen LogP contribution in [-0.4, -0.2) is 84.7 Å². The minimum atomic E-state index is -5.86. The van der Waals surface area contributed by atoms with Gasteiger partial charge in [-0.3, -0.25) is 5.32 Å². The first-order valence-electron chi connectivity index (χ1n) is 13.0. The van der Waals surface area contributed by atoms with E-state index in [4.69, 9.17) is 23.7 Å². The van der Waals surface area contributed by atoms with Crippen LogP contribution in [0.3, 0.4) is 0 Å². The number of anilines is 1. The van der Waals surface area contributed by atoms with Gasteiger partial charge in [-0.1, -0.05) is 6.08 Å². The quantitative estimate of drug-likeness (QED) is 0.221. The van der Waals surface area contributed by atoms with E-state index in [1.165, 1.54) is 37.4 Å². The zero-order chi connectivity index (χ0) is 32.1. The zero-order valence-electron chi connectivity index (χ0n) is 23.7. The Balaban J connectivity index is 1.37. The van der Waals surface area contributed by atoms with Crippen molar-refractivity contribution in [3.05, 3.63) is 67.5 Å². The fourth-order valence-electron chi connectivity index (χ4n) is 4.36. The molecule has 0 spiro atoms. The van der Waals surface area contributed by atoms with Crippen molar-refractivity contribution in [1.29, 1.82) is 0 Å². The molecule has 4 rings (SSSR count). The van der Waals surface area contributed by atoms with Crippen molar-refractivity contribution in [2.45, 2.75) is 49.9 Å². The summed E-state index contributed by atoms with van der Waals surface area (Å²) in [6, 6.07) is 10.8. The molecule has 238 valence electrons. The fraction of sp³-hybridized carbons (Fsp3) is 0.393. The Morgan fingerprint density at radius 3 is 2.27 bits per heavy atom. The zero-order valence-corrected chi connectivity index (χ0v) is 23.7. The highest BCUT2D eigenvalue weighted by Gasteiger charge is 2.61. The van der Waals surface area contributed by atoms with Crippen LogP contribution in [0.1, 0.15) is 6.92 Å². The normalized spacial score (nSPS) is 22.3. The predicted octanol–water partition coefficient (Wildman–Crippen LogP) is 5.36. The van der Waals surface area contributed by atoms with E-state index in [2.05, 4.69) is 26.7 Å². The van der Waals surface area contributed by atoms with Crippen LogP contribution in [0.15, 0.2) is 67.5 Å². The molecule has 1 saturated heterocycles. The lowest BCUT2D eigenvalue weighted by atomic mass is 9.99. The minimum Gasteiger partial charge on any atom is -0.426 e. The van der Waals surface area contributed by atoms with Crippen LogP contribution in [0, 0.1) is 0 Å². The molecule has 0 bridgehead atoms. The molecule has 2 aromatic carbocycles. The number of halogens is 5. The molecule has 3 aromatic rings. The maximum atomic E-state index is 13.1. The number of carbonyl (C=O) groups is 1. The Hall–Kier alpha value is -4.12. The van der Waals surface area contributed by atoms with E-state index < -0.39 is 54.8 Å². The summed E-state index contributed by atoms with van der Waals surface area (Å²) in [4.78, 5) is 16.9. The molecule has 1 amide bonds. The van der Waals surface area contributed by atoms with E-state index in [1.54, 1.807) is 37.3 Å². The molecule has 1 aliphatic heterocycles. The van der Waals surface area contributed by atoms with Gasteiger partial charge in [0.1, 0.15) is 30.4 Å². The van der Waals surface area contributed by atoms with Gasteiger partial charge >= 0.3 is 18.4 Å². The van der Waals surface area contributed by atoms with Crippen LogP contribution in [0.2, 0.25) is 0 Å². The first-order chi connectivity index (χ1) is 20.9. The molecule has 0 unspecified atom stereocenters. The van der Waals surface area contributed by atoms with Gasteiger partial charge in [0.2, 0.25) is 6.29 Å². The van der Waals surface area contributed by atoms with Gasteiger partial charge in [0, 0.05) is 25.5 Å². The van der Waals surface area contributed by atoms with Gasteiger partial charge < -0.3 is 28.4 Å². The Bertz CT molecular complexity index is 1400. The molecule has 0 radical (unpaired) electrons. The second-order valence-corrected chi connectivity index (χ2v) is 9.43. The van der Waals surface area contributed by atoms with Crippen LogP contribution >= 0.6 is 0 Å². The lowest BCUT2D eigenvalue weighted by Gasteiger charge is -2.43. The van der Waals surface area contributed by atoms with Crippen molar-refractivity contribution in [3.63, 3.8) is 0 Å². The van der Waals surface area contributed by atoms with E-state index in [9.17, 15) is 26.7 Å². The highest BCUT2D eigenvalue weighted by atomic mass is 19.4. The van der Waals surface area contributed by atoms with Crippen LogP contribution in [0.25, 0.3) is 17.1 Å². The number of rotatable bonds is 11. The number of hydrogen-bond donors (Lipinski definition) is 1. The highest BCUT2D eigenvalue weighted by Crippen LogP contribution is 2.37. The number of methoxy groups -OCH3 is 2. The SMILES string of the molecule is C=CCO[C@@H]1[C@@H](OC)[C@H](C)O[C@@H](OC(=O)Nc2ccc(-c3ncn(-c4ccc(OC(F)(F)C(F)(F)F)cc4)n3)cc2)[C@@H]1OC. The Morgan fingerprint density at radius 2 is 1.68 bits per heavy atom. The summed E-state index contributed by atoms with van der Waals surface area (Å²) in [7, 11) is 2.95. The number of benzene rings is 2. The van der Waals surface area contributed by atoms with E-state index >= 15 is 0 Å². The molecule has 44 heavy (non-hydrogen) atoms. The fourth-order valence-corrected chi connectivity index (χ4v) is 4.36. The van der Waals surface area contributed by atoms with Crippen LogP contribution in [0.5, 0.6) is 5.75 Å². The van der Waals surface area contributed by atoms with Crippen molar-refractivity contribution in [2.75, 3.05) is 26.1 Å². The highest BCUT2D eigenvalue weighted by molar-refractivity contribution is 5.85. The number of ether oxygens (including phenoxy) is 6. The smallest absolute Gasteiger partial charge is 0.426 e. The molecule has 2 heterocycles. The Labute approximate surface area is 248 Å². The summed E-state index contributed by atoms with van der Waals surface area (Å²) < 4.78 is 96.6. The number of aromatic nitrogens is 3. The molecule has 1 aromatic heterocycles. The summed E-state index contributed by atoms with van der Waals surface area (Å²) in [6.45, 7) is 5.63. The Kier molecular flexibility index (Phi) is 10.2. The number of nitrogens with zero attached hydrogens (tertiary/aromatic N) is 3. The summed E-state index contributed by atoms with van der Waals surface area (Å²) in [5.74, 6) is -0.408. The first kappa shape index (κ1) is 32.8. The van der Waals surface area contributed by atoms with Gasteiger partial charge in [0.05, 0.1) is 18.4 Å². The van der Waals surface area contributed by atoms with Crippen molar-refractivity contribution < 1.29 is 55.2 Å². The molecular weight excluding hydrogens is 599 g/mol. The summed E-state index contributed by atoms with van der Waals surface area (Å²) in [5, 5.41) is 6.90. The molecule has 1 aliphatic rings. The van der Waals surface area contributed by atoms with Gasteiger partial charge in [0.15, 0.2) is 5.82 Å². The average molecular weight is 629 g/mol. The number of alkyl halides is 5. The monoisotopic (exact) mass is 628 g/mol. The number of nitrogens with one attached hydrogen (secondary N) is 1. The van der Waals surface area contributed by atoms with Crippen molar-refractivity contribution in [2.24, 2.45) is 0 Å². The minimum absolute atomic E-state index is 0.226. The number of amides is 1. The van der Waals surface area contributed by atoms with Crippen LogP contribution in [0.4, 0.5) is 32.4 Å². The molecule has 0 saturated carbocycles. The maximum absolute atomic E-state index is 13.1. The van der Waals surface area contributed by atoms with E-state index in [0.717, 1.165) is 12.1 Å². The molecule has 11 nitrogen and oxygen atoms in total. The van der Waals surface area contributed by atoms with Gasteiger partial charge in [-0.15, -0.1) is 11.7 Å². The number of hydrogen-bond acceptors (Lipinski definition) is 9. The average Bonchev–Trinajstić information content (AvgIpc) is 3.46. The molecule has 1 fully saturated rings. The topological polar surface area (TPSA) is 115 Å². The van der Waals surface area contributed by atoms with Crippen molar-refractivity contribution in [1.82, 2.24) is 14.8 Å². The maximum Gasteiger partial charge on any atom is 0.499 e. The first-order valence-corrected chi connectivity index (χ1v) is 13.0. The predicted molar refractivity (Wildman–Crippen MR) is 144 cm³/mol. The molecule has 16 heteroatoms. The van der Waals surface area contributed by atoms with Crippen LogP contribution in [-0.2, 0) is 23.7 Å². The third-order valence-electron chi connectivity index (χ3n) is 6.46. The summed E-state index contributed by atoms with van der Waals surface area (Å²) >= 11 is 0. The van der Waals surface area contributed by atoms with Gasteiger partial charge in [-0.25, -0.2) is 14.5 Å². The second-order valence-electron chi connectivity index (χ2n) is 9.43. The lowest BCUT2D eigenvalue weighted by Crippen LogP contribution is -2.60. The standard InChI is InChI=1S/C28H29F5N4O7/c1-5-14-41-22-21(39-3)16(2)42-25(23(22)40-4)43-26(38)35-18-8-6-17(7-9-18)24-34-15-37(36-24)19-10-12-20(13-11-19)44-28(32,33)27(29,30)31/h5-13,15-16,21-23,25H,1,14H2,2-4H3,(H,35,38)/t16-,21-,22+,23+,25-/m0/s1. The third kappa shape index (κ3) is 7.50. The lowest BCUT2D eigenvalue weighted by molar-refractivity contribution is -0.360.